The molecule has 3 atom stereocenters. The first kappa shape index (κ1) is 25.5. The third kappa shape index (κ3) is 5.79. The number of rotatable bonds is 8. The summed E-state index contributed by atoms with van der Waals surface area (Å²) in [5.41, 5.74) is -1.53. The molecule has 2 fully saturated rings. The average Bonchev–Trinajstić information content (AvgIpc) is 3.12. The van der Waals surface area contributed by atoms with E-state index in [1.54, 1.807) is 0 Å². The maximum Gasteiger partial charge on any atom is 0.258 e. The number of hydrogen-bond donors (Lipinski definition) is 3. The SMILES string of the molecule is O=C(COc1ccc(Cl)c(F)c1)NC12CC[C@@](NC(=O)COc3ccc(Cl)c(F)c3)(CCC1O)C2. The zero-order valence-corrected chi connectivity index (χ0v) is 20.1. The van der Waals surface area contributed by atoms with Crippen LogP contribution in [0.15, 0.2) is 36.4 Å². The van der Waals surface area contributed by atoms with Crippen LogP contribution in [0.1, 0.15) is 32.1 Å². The Bertz CT molecular complexity index is 1140. The molecule has 0 heterocycles. The van der Waals surface area contributed by atoms with Crippen molar-refractivity contribution in [1.82, 2.24) is 10.6 Å². The number of carbonyl (C=O) groups excluding carboxylic acids is 2. The van der Waals surface area contributed by atoms with E-state index >= 15 is 0 Å². The van der Waals surface area contributed by atoms with Gasteiger partial charge >= 0.3 is 0 Å². The molecule has 2 aromatic carbocycles. The average molecular weight is 529 g/mol. The smallest absolute Gasteiger partial charge is 0.258 e. The molecular formula is C24H24Cl2F2N2O5. The Hall–Kier alpha value is -2.62. The molecule has 2 amide bonds. The second-order valence-corrected chi connectivity index (χ2v) is 9.81. The topological polar surface area (TPSA) is 96.9 Å². The Labute approximate surface area is 210 Å². The molecule has 0 aromatic heterocycles. The predicted octanol–water partition coefficient (Wildman–Crippen LogP) is 3.78. The van der Waals surface area contributed by atoms with Crippen molar-refractivity contribution in [1.29, 1.82) is 0 Å². The van der Waals surface area contributed by atoms with E-state index in [-0.39, 0.29) is 34.8 Å². The number of carbonyl (C=O) groups is 2. The van der Waals surface area contributed by atoms with Gasteiger partial charge in [0.05, 0.1) is 21.7 Å². The molecule has 4 rings (SSSR count). The van der Waals surface area contributed by atoms with E-state index in [0.717, 1.165) is 12.1 Å². The monoisotopic (exact) mass is 528 g/mol. The minimum Gasteiger partial charge on any atom is -0.484 e. The molecule has 2 aliphatic rings. The standard InChI is InChI=1S/C24H24Cl2F2N2O5/c25-16-3-1-14(9-18(16)27)34-11-21(32)29-23-6-5-20(31)24(13-23,8-7-23)30-22(33)12-35-15-2-4-17(26)19(28)10-15/h1-4,9-10,20,31H,5-8,11-13H2,(H,29,32)(H,30,33)/t20?,23-,24?/m0/s1. The number of aliphatic hydroxyl groups is 1. The number of ether oxygens (including phenoxy) is 2. The lowest BCUT2D eigenvalue weighted by Gasteiger charge is -2.43. The van der Waals surface area contributed by atoms with Gasteiger partial charge in [-0.15, -0.1) is 0 Å². The second-order valence-electron chi connectivity index (χ2n) is 8.99. The fourth-order valence-electron chi connectivity index (χ4n) is 4.87. The van der Waals surface area contributed by atoms with Gasteiger partial charge in [-0.1, -0.05) is 23.2 Å². The van der Waals surface area contributed by atoms with Gasteiger partial charge in [-0.05, 0) is 56.4 Å². The number of nitrogens with one attached hydrogen (secondary N) is 2. The number of benzene rings is 2. The maximum absolute atomic E-state index is 13.6. The molecule has 0 radical (unpaired) electrons. The molecule has 11 heteroatoms. The first-order valence-electron chi connectivity index (χ1n) is 11.1. The normalized spacial score (nSPS) is 25.1. The van der Waals surface area contributed by atoms with Gasteiger partial charge in [0.25, 0.3) is 11.8 Å². The third-order valence-electron chi connectivity index (χ3n) is 6.55. The molecule has 2 unspecified atom stereocenters. The number of aliphatic hydroxyl groups excluding tert-OH is 1. The van der Waals surface area contributed by atoms with Crippen molar-refractivity contribution in [2.75, 3.05) is 13.2 Å². The summed E-state index contributed by atoms with van der Waals surface area (Å²) >= 11 is 11.3. The van der Waals surface area contributed by atoms with Crippen LogP contribution < -0.4 is 20.1 Å². The predicted molar refractivity (Wildman–Crippen MR) is 125 cm³/mol. The third-order valence-corrected chi connectivity index (χ3v) is 7.17. The van der Waals surface area contributed by atoms with Crippen LogP contribution in [0, 0.1) is 11.6 Å². The quantitative estimate of drug-likeness (QED) is 0.484. The van der Waals surface area contributed by atoms with Gasteiger partial charge in [-0.3, -0.25) is 9.59 Å². The Morgan fingerprint density at radius 2 is 1.46 bits per heavy atom. The molecule has 0 aliphatic heterocycles. The van der Waals surface area contributed by atoms with Gasteiger partial charge in [0.15, 0.2) is 13.2 Å². The van der Waals surface area contributed by atoms with Crippen LogP contribution in [0.4, 0.5) is 8.78 Å². The van der Waals surface area contributed by atoms with E-state index < -0.39 is 40.6 Å². The number of amides is 2. The maximum atomic E-state index is 13.6. The highest BCUT2D eigenvalue weighted by Crippen LogP contribution is 2.48. The van der Waals surface area contributed by atoms with Gasteiger partial charge in [0, 0.05) is 17.7 Å². The fourth-order valence-corrected chi connectivity index (χ4v) is 5.10. The molecule has 2 bridgehead atoms. The summed E-state index contributed by atoms with van der Waals surface area (Å²) in [5.74, 6) is -1.86. The molecule has 188 valence electrons. The summed E-state index contributed by atoms with van der Waals surface area (Å²) in [7, 11) is 0. The molecule has 0 spiro atoms. The minimum atomic E-state index is -0.919. The van der Waals surface area contributed by atoms with Crippen LogP contribution in [-0.2, 0) is 9.59 Å². The van der Waals surface area contributed by atoms with E-state index in [1.807, 2.05) is 0 Å². The lowest BCUT2D eigenvalue weighted by atomic mass is 9.76. The van der Waals surface area contributed by atoms with Crippen LogP contribution in [-0.4, -0.2) is 47.3 Å². The Balaban J connectivity index is 1.33. The van der Waals surface area contributed by atoms with E-state index in [0.29, 0.717) is 32.1 Å². The molecule has 2 aliphatic carbocycles. The molecule has 2 saturated carbocycles. The highest BCUT2D eigenvalue weighted by molar-refractivity contribution is 6.31. The van der Waals surface area contributed by atoms with Crippen molar-refractivity contribution in [2.45, 2.75) is 49.3 Å². The zero-order valence-electron chi connectivity index (χ0n) is 18.6. The fraction of sp³-hybridized carbons (Fsp3) is 0.417. The van der Waals surface area contributed by atoms with E-state index in [1.165, 1.54) is 24.3 Å². The number of fused-ring (bicyclic) bond motifs is 2. The van der Waals surface area contributed by atoms with E-state index in [2.05, 4.69) is 10.6 Å². The second kappa shape index (κ2) is 10.2. The molecular weight excluding hydrogens is 505 g/mol. The molecule has 3 N–H and O–H groups in total. The van der Waals surface area contributed by atoms with E-state index in [4.69, 9.17) is 32.7 Å². The van der Waals surface area contributed by atoms with Crippen molar-refractivity contribution in [3.05, 3.63) is 58.1 Å². The molecule has 2 aromatic rings. The Kier molecular flexibility index (Phi) is 7.40. The minimum absolute atomic E-state index is 0.0449. The van der Waals surface area contributed by atoms with Gasteiger partial charge < -0.3 is 25.2 Å². The summed E-state index contributed by atoms with van der Waals surface area (Å²) < 4.78 is 37.9. The molecule has 35 heavy (non-hydrogen) atoms. The zero-order chi connectivity index (χ0) is 25.2. The summed E-state index contributed by atoms with van der Waals surface area (Å²) in [6, 6.07) is 7.76. The van der Waals surface area contributed by atoms with Crippen LogP contribution in [0.3, 0.4) is 0 Å². The Morgan fingerprint density at radius 3 is 2.00 bits per heavy atom. The highest BCUT2D eigenvalue weighted by Gasteiger charge is 2.56. The lowest BCUT2D eigenvalue weighted by molar-refractivity contribution is -0.128. The van der Waals surface area contributed by atoms with Crippen LogP contribution in [0.5, 0.6) is 11.5 Å². The highest BCUT2D eigenvalue weighted by atomic mass is 35.5. The summed E-state index contributed by atoms with van der Waals surface area (Å²) in [6.07, 6.45) is 1.47. The van der Waals surface area contributed by atoms with Crippen LogP contribution >= 0.6 is 23.2 Å². The van der Waals surface area contributed by atoms with Crippen LogP contribution in [0.2, 0.25) is 10.0 Å². The first-order valence-corrected chi connectivity index (χ1v) is 11.8. The summed E-state index contributed by atoms with van der Waals surface area (Å²) in [4.78, 5) is 25.2. The summed E-state index contributed by atoms with van der Waals surface area (Å²) in [5, 5.41) is 16.4. The van der Waals surface area contributed by atoms with Gasteiger partial charge in [-0.25, -0.2) is 8.78 Å². The largest absolute Gasteiger partial charge is 0.484 e. The summed E-state index contributed by atoms with van der Waals surface area (Å²) in [6.45, 7) is -0.698. The molecule has 0 saturated heterocycles. The first-order chi connectivity index (χ1) is 16.6. The van der Waals surface area contributed by atoms with Crippen molar-refractivity contribution >= 4 is 35.0 Å². The number of hydrogen-bond acceptors (Lipinski definition) is 5. The van der Waals surface area contributed by atoms with Gasteiger partial charge in [0.1, 0.15) is 23.1 Å². The molecule has 7 nitrogen and oxygen atoms in total. The lowest BCUT2D eigenvalue weighted by Crippen LogP contribution is -2.62. The van der Waals surface area contributed by atoms with Crippen molar-refractivity contribution < 1.29 is 33.0 Å². The van der Waals surface area contributed by atoms with Crippen molar-refractivity contribution in [2.24, 2.45) is 0 Å². The van der Waals surface area contributed by atoms with Crippen molar-refractivity contribution in [3.8, 4) is 11.5 Å². The van der Waals surface area contributed by atoms with Crippen LogP contribution in [0.25, 0.3) is 0 Å². The van der Waals surface area contributed by atoms with Gasteiger partial charge in [-0.2, -0.15) is 0 Å². The van der Waals surface area contributed by atoms with E-state index in [9.17, 15) is 23.5 Å². The van der Waals surface area contributed by atoms with Crippen molar-refractivity contribution in [3.63, 3.8) is 0 Å². The number of halogens is 4. The Morgan fingerprint density at radius 1 is 0.914 bits per heavy atom. The van der Waals surface area contributed by atoms with Gasteiger partial charge in [0.2, 0.25) is 0 Å².